The third-order valence-electron chi connectivity index (χ3n) is 4.95. The summed E-state index contributed by atoms with van der Waals surface area (Å²) in [6, 6.07) is 14.2. The zero-order valence-electron chi connectivity index (χ0n) is 19.2. The van der Waals surface area contributed by atoms with Crippen molar-refractivity contribution in [3.63, 3.8) is 0 Å². The number of urea groups is 2. The largest absolute Gasteiger partial charge is 0.469 e. The van der Waals surface area contributed by atoms with Crippen LogP contribution >= 0.6 is 11.5 Å². The van der Waals surface area contributed by atoms with Crippen LogP contribution in [0.3, 0.4) is 0 Å². The standard InChI is InChI=1S/C24H27N5O4S/c1-15-6-10-18(11-7-15)26-24(32)27-19-12-8-17(9-13-19)21-16(2)22(34-29-21)28-23(31)25-14-4-5-20(30)33-3/h6-13H,4-5,14H2,1-3H3,(H2,25,28,31)(H2,26,27,32). The van der Waals surface area contributed by atoms with E-state index in [1.165, 1.54) is 18.6 Å². The van der Waals surface area contributed by atoms with Crippen LogP contribution in [0.25, 0.3) is 11.3 Å². The molecule has 1 heterocycles. The normalized spacial score (nSPS) is 10.3. The Labute approximate surface area is 202 Å². The van der Waals surface area contributed by atoms with Gasteiger partial charge in [0, 0.05) is 35.5 Å². The van der Waals surface area contributed by atoms with Crippen LogP contribution in [0.5, 0.6) is 0 Å². The van der Waals surface area contributed by atoms with Crippen molar-refractivity contribution in [3.8, 4) is 11.3 Å². The van der Waals surface area contributed by atoms with Gasteiger partial charge in [0.15, 0.2) is 0 Å². The molecule has 3 rings (SSSR count). The summed E-state index contributed by atoms with van der Waals surface area (Å²) < 4.78 is 9.03. The lowest BCUT2D eigenvalue weighted by Gasteiger charge is -2.09. The number of hydrogen-bond acceptors (Lipinski definition) is 6. The average molecular weight is 482 g/mol. The number of amides is 4. The van der Waals surface area contributed by atoms with Gasteiger partial charge in [0.05, 0.1) is 12.8 Å². The summed E-state index contributed by atoms with van der Waals surface area (Å²) in [5.41, 5.74) is 4.93. The van der Waals surface area contributed by atoms with Gasteiger partial charge in [0.2, 0.25) is 0 Å². The van der Waals surface area contributed by atoms with Crippen LogP contribution in [0.4, 0.5) is 26.0 Å². The highest BCUT2D eigenvalue weighted by Gasteiger charge is 2.14. The van der Waals surface area contributed by atoms with Gasteiger partial charge in [-0.15, -0.1) is 0 Å². The minimum absolute atomic E-state index is 0.249. The fourth-order valence-electron chi connectivity index (χ4n) is 3.05. The van der Waals surface area contributed by atoms with E-state index >= 15 is 0 Å². The van der Waals surface area contributed by atoms with E-state index < -0.39 is 0 Å². The summed E-state index contributed by atoms with van der Waals surface area (Å²) in [4.78, 5) is 35.4. The molecule has 0 spiro atoms. The number of nitrogens with zero attached hydrogens (tertiary/aromatic N) is 1. The highest BCUT2D eigenvalue weighted by atomic mass is 32.1. The van der Waals surface area contributed by atoms with Crippen molar-refractivity contribution in [3.05, 3.63) is 59.7 Å². The number of nitrogens with one attached hydrogen (secondary N) is 4. The van der Waals surface area contributed by atoms with Gasteiger partial charge >= 0.3 is 18.0 Å². The summed E-state index contributed by atoms with van der Waals surface area (Å²) in [5.74, 6) is -0.307. The fourth-order valence-corrected chi connectivity index (χ4v) is 3.84. The Morgan fingerprint density at radius 2 is 1.50 bits per heavy atom. The molecule has 1 aromatic heterocycles. The molecule has 2 aromatic carbocycles. The van der Waals surface area contributed by atoms with Crippen molar-refractivity contribution in [2.75, 3.05) is 29.6 Å². The number of ether oxygens (including phenoxy) is 1. The van der Waals surface area contributed by atoms with Gasteiger partial charge in [-0.3, -0.25) is 10.1 Å². The summed E-state index contributed by atoms with van der Waals surface area (Å²) in [6.45, 7) is 4.23. The highest BCUT2D eigenvalue weighted by molar-refractivity contribution is 7.10. The molecule has 10 heteroatoms. The third kappa shape index (κ3) is 7.04. The Morgan fingerprint density at radius 3 is 2.12 bits per heavy atom. The maximum atomic E-state index is 12.2. The Kier molecular flexibility index (Phi) is 8.58. The molecule has 3 aromatic rings. The molecular weight excluding hydrogens is 454 g/mol. The first-order chi connectivity index (χ1) is 16.4. The van der Waals surface area contributed by atoms with E-state index in [9.17, 15) is 14.4 Å². The number of aryl methyl sites for hydroxylation is 1. The minimum Gasteiger partial charge on any atom is -0.469 e. The molecule has 0 unspecified atom stereocenters. The molecule has 0 saturated carbocycles. The van der Waals surface area contributed by atoms with Crippen LogP contribution in [0.1, 0.15) is 24.0 Å². The number of aromatic nitrogens is 1. The van der Waals surface area contributed by atoms with Crippen molar-refractivity contribution in [2.24, 2.45) is 0 Å². The Hall–Kier alpha value is -3.92. The second kappa shape index (κ2) is 11.8. The Bertz CT molecular complexity index is 1140. The number of rotatable bonds is 8. The lowest BCUT2D eigenvalue weighted by Crippen LogP contribution is -2.29. The summed E-state index contributed by atoms with van der Waals surface area (Å²) in [6.07, 6.45) is 0.745. The molecule has 9 nitrogen and oxygen atoms in total. The first-order valence-corrected chi connectivity index (χ1v) is 11.5. The third-order valence-corrected chi connectivity index (χ3v) is 5.81. The van der Waals surface area contributed by atoms with Crippen molar-refractivity contribution in [2.45, 2.75) is 26.7 Å². The molecule has 0 atom stereocenters. The second-order valence-electron chi connectivity index (χ2n) is 7.57. The minimum atomic E-state index is -0.359. The van der Waals surface area contributed by atoms with Gasteiger partial charge in [-0.05, 0) is 56.1 Å². The van der Waals surface area contributed by atoms with Crippen LogP contribution < -0.4 is 21.3 Å². The Morgan fingerprint density at radius 1 is 0.882 bits per heavy atom. The SMILES string of the molecule is COC(=O)CCCNC(=O)Nc1snc(-c2ccc(NC(=O)Nc3ccc(C)cc3)cc2)c1C. The summed E-state index contributed by atoms with van der Waals surface area (Å²) in [7, 11) is 1.33. The van der Waals surface area contributed by atoms with E-state index in [1.54, 1.807) is 12.1 Å². The molecule has 4 N–H and O–H groups in total. The molecule has 0 aliphatic heterocycles. The van der Waals surface area contributed by atoms with Gasteiger partial charge in [-0.2, -0.15) is 4.37 Å². The molecule has 178 valence electrons. The van der Waals surface area contributed by atoms with Crippen LogP contribution in [0.2, 0.25) is 0 Å². The first kappa shape index (κ1) is 24.7. The van der Waals surface area contributed by atoms with Gasteiger partial charge in [-0.1, -0.05) is 29.8 Å². The zero-order valence-corrected chi connectivity index (χ0v) is 20.0. The number of benzene rings is 2. The average Bonchev–Trinajstić information content (AvgIpc) is 3.18. The molecular formula is C24H27N5O4S. The van der Waals surface area contributed by atoms with Crippen LogP contribution in [0.15, 0.2) is 48.5 Å². The summed E-state index contributed by atoms with van der Waals surface area (Å²) >= 11 is 1.19. The van der Waals surface area contributed by atoms with Crippen LogP contribution in [-0.4, -0.2) is 36.1 Å². The van der Waals surface area contributed by atoms with Gasteiger partial charge in [-0.25, -0.2) is 9.59 Å². The first-order valence-electron chi connectivity index (χ1n) is 10.7. The van der Waals surface area contributed by atoms with E-state index in [2.05, 4.69) is 30.4 Å². The maximum absolute atomic E-state index is 12.2. The van der Waals surface area contributed by atoms with E-state index in [1.807, 2.05) is 50.2 Å². The number of esters is 1. The fraction of sp³-hybridized carbons (Fsp3) is 0.250. The molecule has 0 aliphatic carbocycles. The number of methoxy groups -OCH3 is 1. The second-order valence-corrected chi connectivity index (χ2v) is 8.34. The quantitative estimate of drug-likeness (QED) is 0.262. The number of hydrogen-bond donors (Lipinski definition) is 4. The van der Waals surface area contributed by atoms with Gasteiger partial charge in [0.1, 0.15) is 5.00 Å². The van der Waals surface area contributed by atoms with E-state index in [4.69, 9.17) is 0 Å². The number of anilines is 3. The molecule has 0 saturated heterocycles. The van der Waals surface area contributed by atoms with E-state index in [0.717, 1.165) is 22.4 Å². The molecule has 0 aliphatic rings. The van der Waals surface area contributed by atoms with E-state index in [-0.39, 0.29) is 24.5 Å². The maximum Gasteiger partial charge on any atom is 0.323 e. The number of carbonyl (C=O) groups excluding carboxylic acids is 3. The van der Waals surface area contributed by atoms with E-state index in [0.29, 0.717) is 29.3 Å². The topological polar surface area (TPSA) is 121 Å². The summed E-state index contributed by atoms with van der Waals surface area (Å²) in [5, 5.41) is 11.7. The van der Waals surface area contributed by atoms with Crippen molar-refractivity contribution >= 4 is 45.9 Å². The lowest BCUT2D eigenvalue weighted by molar-refractivity contribution is -0.140. The monoisotopic (exact) mass is 481 g/mol. The smallest absolute Gasteiger partial charge is 0.323 e. The molecule has 34 heavy (non-hydrogen) atoms. The van der Waals surface area contributed by atoms with Crippen molar-refractivity contribution in [1.82, 2.24) is 9.69 Å². The molecule has 0 fully saturated rings. The van der Waals surface area contributed by atoms with Crippen molar-refractivity contribution in [1.29, 1.82) is 0 Å². The van der Waals surface area contributed by atoms with Crippen LogP contribution in [-0.2, 0) is 9.53 Å². The predicted molar refractivity (Wildman–Crippen MR) is 134 cm³/mol. The zero-order chi connectivity index (χ0) is 24.5. The van der Waals surface area contributed by atoms with Gasteiger partial charge < -0.3 is 20.7 Å². The van der Waals surface area contributed by atoms with Crippen molar-refractivity contribution < 1.29 is 19.1 Å². The lowest BCUT2D eigenvalue weighted by atomic mass is 10.1. The van der Waals surface area contributed by atoms with Gasteiger partial charge in [0.25, 0.3) is 0 Å². The molecule has 4 amide bonds. The Balaban J connectivity index is 1.53. The molecule has 0 radical (unpaired) electrons. The number of carbonyl (C=O) groups is 3. The molecule has 0 bridgehead atoms. The predicted octanol–water partition coefficient (Wildman–Crippen LogP) is 5.15. The highest BCUT2D eigenvalue weighted by Crippen LogP contribution is 2.32. The van der Waals surface area contributed by atoms with Crippen LogP contribution in [0, 0.1) is 13.8 Å².